The molecule has 2 aliphatic heterocycles. The van der Waals surface area contributed by atoms with Crippen molar-refractivity contribution in [1.82, 2.24) is 0 Å². The summed E-state index contributed by atoms with van der Waals surface area (Å²) in [6, 6.07) is 5.94. The van der Waals surface area contributed by atoms with Gasteiger partial charge in [0.05, 0.1) is 24.9 Å². The van der Waals surface area contributed by atoms with Gasteiger partial charge in [0.1, 0.15) is 11.9 Å². The van der Waals surface area contributed by atoms with E-state index in [0.29, 0.717) is 11.6 Å². The summed E-state index contributed by atoms with van der Waals surface area (Å²) in [4.78, 5) is 0. The minimum atomic E-state index is 0.213. The highest BCUT2D eigenvalue weighted by Crippen LogP contribution is 2.35. The molecule has 1 N–H and O–H groups in total. The Balaban J connectivity index is 1.92. The maximum Gasteiger partial charge on any atom is 0.144 e. The minimum Gasteiger partial charge on any atom is -0.486 e. The molecule has 15 heavy (non-hydrogen) atoms. The quantitative estimate of drug-likeness (QED) is 0.735. The molecule has 2 atom stereocenters. The van der Waals surface area contributed by atoms with E-state index in [9.17, 15) is 0 Å². The Bertz CT molecular complexity index is 383. The SMILES string of the molecule is Clc1ccc2c(c1)OC1CCOCC1N2. The molecule has 4 heteroatoms. The number of nitrogens with one attached hydrogen (secondary N) is 1. The lowest BCUT2D eigenvalue weighted by Gasteiger charge is -2.37. The van der Waals surface area contributed by atoms with Gasteiger partial charge in [-0.25, -0.2) is 0 Å². The predicted molar refractivity (Wildman–Crippen MR) is 58.7 cm³/mol. The molecule has 0 bridgehead atoms. The summed E-state index contributed by atoms with van der Waals surface area (Å²) in [6.45, 7) is 1.49. The van der Waals surface area contributed by atoms with Crippen LogP contribution in [-0.4, -0.2) is 25.4 Å². The topological polar surface area (TPSA) is 30.5 Å². The van der Waals surface area contributed by atoms with Gasteiger partial charge in [-0.05, 0) is 12.1 Å². The van der Waals surface area contributed by atoms with Crippen molar-refractivity contribution in [3.8, 4) is 5.75 Å². The van der Waals surface area contributed by atoms with Gasteiger partial charge in [0.2, 0.25) is 0 Å². The number of rotatable bonds is 0. The van der Waals surface area contributed by atoms with E-state index in [4.69, 9.17) is 21.1 Å². The average Bonchev–Trinajstić information content (AvgIpc) is 2.26. The lowest BCUT2D eigenvalue weighted by molar-refractivity contribution is 0.00992. The van der Waals surface area contributed by atoms with Crippen molar-refractivity contribution in [2.24, 2.45) is 0 Å². The maximum atomic E-state index is 5.92. The summed E-state index contributed by atoms with van der Waals surface area (Å²) in [5.41, 5.74) is 1.01. The van der Waals surface area contributed by atoms with Crippen LogP contribution >= 0.6 is 11.6 Å². The Labute approximate surface area is 93.3 Å². The third-order valence-corrected chi connectivity index (χ3v) is 3.09. The Morgan fingerprint density at radius 1 is 1.40 bits per heavy atom. The Kier molecular flexibility index (Phi) is 2.22. The van der Waals surface area contributed by atoms with Crippen LogP contribution in [0, 0.1) is 0 Å². The first-order chi connectivity index (χ1) is 7.33. The number of fused-ring (bicyclic) bond motifs is 2. The summed E-state index contributed by atoms with van der Waals surface area (Å²) in [6.07, 6.45) is 1.15. The van der Waals surface area contributed by atoms with E-state index in [1.807, 2.05) is 18.2 Å². The van der Waals surface area contributed by atoms with Gasteiger partial charge in [-0.2, -0.15) is 0 Å². The first-order valence-corrected chi connectivity index (χ1v) is 5.51. The number of hydrogen-bond acceptors (Lipinski definition) is 3. The average molecular weight is 226 g/mol. The van der Waals surface area contributed by atoms with Crippen molar-refractivity contribution in [3.63, 3.8) is 0 Å². The summed E-state index contributed by atoms with van der Waals surface area (Å²) in [7, 11) is 0. The number of halogens is 1. The zero-order chi connectivity index (χ0) is 10.3. The summed E-state index contributed by atoms with van der Waals surface area (Å²) >= 11 is 5.92. The number of hydrogen-bond donors (Lipinski definition) is 1. The summed E-state index contributed by atoms with van der Waals surface area (Å²) in [5, 5.41) is 4.13. The molecule has 2 heterocycles. The lowest BCUT2D eigenvalue weighted by Crippen LogP contribution is -2.48. The summed E-state index contributed by atoms with van der Waals surface area (Å²) in [5.74, 6) is 0.852. The molecule has 80 valence electrons. The van der Waals surface area contributed by atoms with Crippen LogP contribution in [0.15, 0.2) is 18.2 Å². The maximum absolute atomic E-state index is 5.92. The zero-order valence-electron chi connectivity index (χ0n) is 8.20. The van der Waals surface area contributed by atoms with Gasteiger partial charge >= 0.3 is 0 Å². The fourth-order valence-corrected chi connectivity index (χ4v) is 2.23. The zero-order valence-corrected chi connectivity index (χ0v) is 8.96. The van der Waals surface area contributed by atoms with Gasteiger partial charge in [0.15, 0.2) is 0 Å². The largest absolute Gasteiger partial charge is 0.486 e. The molecule has 1 saturated heterocycles. The smallest absolute Gasteiger partial charge is 0.144 e. The van der Waals surface area contributed by atoms with Crippen LogP contribution < -0.4 is 10.1 Å². The van der Waals surface area contributed by atoms with Crippen LogP contribution in [0.25, 0.3) is 0 Å². The van der Waals surface area contributed by atoms with E-state index in [1.165, 1.54) is 0 Å². The molecular formula is C11H12ClNO2. The fourth-order valence-electron chi connectivity index (χ4n) is 2.07. The molecular weight excluding hydrogens is 214 g/mol. The monoisotopic (exact) mass is 225 g/mol. The molecule has 0 aromatic heterocycles. The van der Waals surface area contributed by atoms with Crippen molar-refractivity contribution in [3.05, 3.63) is 23.2 Å². The Morgan fingerprint density at radius 3 is 3.27 bits per heavy atom. The van der Waals surface area contributed by atoms with Gasteiger partial charge in [-0.3, -0.25) is 0 Å². The summed E-state index contributed by atoms with van der Waals surface area (Å²) < 4.78 is 11.3. The molecule has 0 amide bonds. The van der Waals surface area contributed by atoms with E-state index in [1.54, 1.807) is 0 Å². The highest BCUT2D eigenvalue weighted by molar-refractivity contribution is 6.30. The normalized spacial score (nSPS) is 28.3. The van der Waals surface area contributed by atoms with Crippen LogP contribution in [0.5, 0.6) is 5.75 Å². The van der Waals surface area contributed by atoms with Crippen LogP contribution in [0.4, 0.5) is 5.69 Å². The minimum absolute atomic E-state index is 0.213. The molecule has 1 fully saturated rings. The van der Waals surface area contributed by atoms with Gasteiger partial charge in [0.25, 0.3) is 0 Å². The third kappa shape index (κ3) is 1.66. The Hall–Kier alpha value is -0.930. The number of benzene rings is 1. The molecule has 0 aliphatic carbocycles. The van der Waals surface area contributed by atoms with E-state index in [-0.39, 0.29) is 12.1 Å². The second-order valence-electron chi connectivity index (χ2n) is 3.91. The standard InChI is InChI=1S/C11H12ClNO2/c12-7-1-2-8-11(5-7)15-10-3-4-14-6-9(10)13-8/h1-2,5,9-10,13H,3-4,6H2. The molecule has 2 unspecified atom stereocenters. The molecule has 2 aliphatic rings. The molecule has 0 saturated carbocycles. The van der Waals surface area contributed by atoms with Crippen LogP contribution in [0.1, 0.15) is 6.42 Å². The van der Waals surface area contributed by atoms with Gasteiger partial charge in [-0.15, -0.1) is 0 Å². The second kappa shape index (κ2) is 3.58. The van der Waals surface area contributed by atoms with Crippen molar-refractivity contribution in [2.75, 3.05) is 18.5 Å². The first-order valence-electron chi connectivity index (χ1n) is 5.13. The van der Waals surface area contributed by atoms with Crippen LogP contribution in [0.3, 0.4) is 0 Å². The number of ether oxygens (including phenoxy) is 2. The van der Waals surface area contributed by atoms with Crippen LogP contribution in [0.2, 0.25) is 5.02 Å². The van der Waals surface area contributed by atoms with Gasteiger partial charge < -0.3 is 14.8 Å². The predicted octanol–water partition coefficient (Wildman–Crippen LogP) is 2.30. The molecule has 1 aromatic rings. The molecule has 1 aromatic carbocycles. The van der Waals surface area contributed by atoms with Crippen molar-refractivity contribution in [2.45, 2.75) is 18.6 Å². The second-order valence-corrected chi connectivity index (χ2v) is 4.35. The van der Waals surface area contributed by atoms with Crippen molar-refractivity contribution < 1.29 is 9.47 Å². The van der Waals surface area contributed by atoms with Gasteiger partial charge in [0, 0.05) is 17.5 Å². The highest BCUT2D eigenvalue weighted by atomic mass is 35.5. The van der Waals surface area contributed by atoms with Gasteiger partial charge in [-0.1, -0.05) is 11.6 Å². The Morgan fingerprint density at radius 2 is 2.33 bits per heavy atom. The van der Waals surface area contributed by atoms with Crippen LogP contribution in [-0.2, 0) is 4.74 Å². The molecule has 0 radical (unpaired) electrons. The van der Waals surface area contributed by atoms with E-state index in [0.717, 1.165) is 24.5 Å². The third-order valence-electron chi connectivity index (χ3n) is 2.86. The van der Waals surface area contributed by atoms with Crippen molar-refractivity contribution in [1.29, 1.82) is 0 Å². The molecule has 3 rings (SSSR count). The highest BCUT2D eigenvalue weighted by Gasteiger charge is 2.32. The van der Waals surface area contributed by atoms with E-state index >= 15 is 0 Å². The lowest BCUT2D eigenvalue weighted by atomic mass is 10.0. The van der Waals surface area contributed by atoms with E-state index < -0.39 is 0 Å². The fraction of sp³-hybridized carbons (Fsp3) is 0.455. The number of anilines is 1. The van der Waals surface area contributed by atoms with E-state index in [2.05, 4.69) is 5.32 Å². The first kappa shape index (κ1) is 9.31. The van der Waals surface area contributed by atoms with Crippen molar-refractivity contribution >= 4 is 17.3 Å². The molecule has 3 nitrogen and oxygen atoms in total. The molecule has 0 spiro atoms.